The number of nitrogens with zero attached hydrogens (tertiary/aromatic N) is 1. The molecule has 0 bridgehead atoms. The van der Waals surface area contributed by atoms with Gasteiger partial charge < -0.3 is 16.0 Å². The van der Waals surface area contributed by atoms with Crippen LogP contribution in [-0.2, 0) is 4.79 Å². The fourth-order valence-electron chi connectivity index (χ4n) is 1.45. The summed E-state index contributed by atoms with van der Waals surface area (Å²) >= 11 is 0. The van der Waals surface area contributed by atoms with Crippen molar-refractivity contribution in [3.8, 4) is 0 Å². The van der Waals surface area contributed by atoms with E-state index in [1.807, 2.05) is 25.7 Å². The van der Waals surface area contributed by atoms with Crippen LogP contribution in [0.5, 0.6) is 0 Å². The number of hydrogen-bond acceptors (Lipinski definition) is 3. The van der Waals surface area contributed by atoms with Crippen molar-refractivity contribution in [3.63, 3.8) is 0 Å². The van der Waals surface area contributed by atoms with Gasteiger partial charge in [0.1, 0.15) is 0 Å². The van der Waals surface area contributed by atoms with Gasteiger partial charge in [0.25, 0.3) is 0 Å². The number of nitrogens with two attached hydrogens (primary N) is 1. The van der Waals surface area contributed by atoms with Crippen molar-refractivity contribution in [2.45, 2.75) is 26.8 Å². The zero-order valence-electron chi connectivity index (χ0n) is 9.34. The smallest absolute Gasteiger partial charge is 0.240 e. The van der Waals surface area contributed by atoms with Crippen LogP contribution >= 0.6 is 0 Å². The first kappa shape index (κ1) is 11.5. The van der Waals surface area contributed by atoms with Crippen LogP contribution < -0.4 is 11.1 Å². The van der Waals surface area contributed by atoms with Crippen molar-refractivity contribution in [1.29, 1.82) is 0 Å². The molecule has 82 valence electrons. The average Bonchev–Trinajstić information content (AvgIpc) is 2.15. The lowest BCUT2D eigenvalue weighted by Crippen LogP contribution is -2.55. The fourth-order valence-corrected chi connectivity index (χ4v) is 1.45. The maximum absolute atomic E-state index is 11.9. The molecular weight excluding hydrogens is 178 g/mol. The van der Waals surface area contributed by atoms with Gasteiger partial charge in [0.15, 0.2) is 0 Å². The Morgan fingerprint density at radius 2 is 1.86 bits per heavy atom. The molecule has 1 rings (SSSR count). The molecule has 0 aromatic rings. The van der Waals surface area contributed by atoms with Crippen molar-refractivity contribution in [2.24, 2.45) is 11.1 Å². The van der Waals surface area contributed by atoms with Crippen molar-refractivity contribution < 1.29 is 4.79 Å². The lowest BCUT2D eigenvalue weighted by Gasteiger charge is -2.34. The molecule has 1 fully saturated rings. The van der Waals surface area contributed by atoms with Crippen molar-refractivity contribution in [2.75, 3.05) is 26.2 Å². The van der Waals surface area contributed by atoms with Gasteiger partial charge in [0.05, 0.1) is 6.04 Å². The molecule has 0 saturated carbocycles. The van der Waals surface area contributed by atoms with E-state index in [-0.39, 0.29) is 17.4 Å². The van der Waals surface area contributed by atoms with Crippen LogP contribution in [0.4, 0.5) is 0 Å². The van der Waals surface area contributed by atoms with Gasteiger partial charge in [-0.25, -0.2) is 0 Å². The Hall–Kier alpha value is -0.610. The minimum absolute atomic E-state index is 0.0824. The fraction of sp³-hybridized carbons (Fsp3) is 0.900. The molecule has 4 nitrogen and oxygen atoms in total. The SMILES string of the molecule is CC(C)(C)[C@@H](N)C(=O)N1CCNCC1. The number of nitrogens with one attached hydrogen (secondary N) is 1. The van der Waals surface area contributed by atoms with Crippen LogP contribution in [0.3, 0.4) is 0 Å². The van der Waals surface area contributed by atoms with Crippen LogP contribution in [0.1, 0.15) is 20.8 Å². The molecule has 0 unspecified atom stereocenters. The standard InChI is InChI=1S/C10H21N3O/c1-10(2,3)8(11)9(14)13-6-4-12-5-7-13/h8,12H,4-7,11H2,1-3H3/t8-/m0/s1. The lowest BCUT2D eigenvalue weighted by molar-refractivity contribution is -0.135. The Morgan fingerprint density at radius 3 is 2.29 bits per heavy atom. The summed E-state index contributed by atoms with van der Waals surface area (Å²) in [6.07, 6.45) is 0. The zero-order chi connectivity index (χ0) is 10.8. The van der Waals surface area contributed by atoms with E-state index in [1.165, 1.54) is 0 Å². The minimum Gasteiger partial charge on any atom is -0.339 e. The maximum Gasteiger partial charge on any atom is 0.240 e. The Labute approximate surface area is 85.8 Å². The quantitative estimate of drug-likeness (QED) is 0.614. The number of piperazine rings is 1. The third-order valence-corrected chi connectivity index (χ3v) is 2.63. The van der Waals surface area contributed by atoms with Gasteiger partial charge in [-0.3, -0.25) is 4.79 Å². The number of rotatable bonds is 1. The van der Waals surface area contributed by atoms with E-state index in [4.69, 9.17) is 5.73 Å². The number of carbonyl (C=O) groups is 1. The van der Waals surface area contributed by atoms with E-state index in [2.05, 4.69) is 5.32 Å². The summed E-state index contributed by atoms with van der Waals surface area (Å²) in [6, 6.07) is -0.388. The van der Waals surface area contributed by atoms with Crippen molar-refractivity contribution >= 4 is 5.91 Å². The molecule has 3 N–H and O–H groups in total. The molecule has 1 saturated heterocycles. The van der Waals surface area contributed by atoms with Gasteiger partial charge in [-0.15, -0.1) is 0 Å². The summed E-state index contributed by atoms with van der Waals surface area (Å²) in [5.41, 5.74) is 5.76. The van der Waals surface area contributed by atoms with Crippen LogP contribution in [0.2, 0.25) is 0 Å². The summed E-state index contributed by atoms with van der Waals surface area (Å²) in [4.78, 5) is 13.8. The van der Waals surface area contributed by atoms with Gasteiger partial charge in [-0.1, -0.05) is 20.8 Å². The molecule has 1 amide bonds. The molecule has 14 heavy (non-hydrogen) atoms. The topological polar surface area (TPSA) is 58.4 Å². The highest BCUT2D eigenvalue weighted by molar-refractivity contribution is 5.82. The Morgan fingerprint density at radius 1 is 1.36 bits per heavy atom. The molecule has 1 heterocycles. The van der Waals surface area contributed by atoms with E-state index >= 15 is 0 Å². The van der Waals surface area contributed by atoms with Gasteiger partial charge in [0.2, 0.25) is 5.91 Å². The van der Waals surface area contributed by atoms with Gasteiger partial charge in [-0.2, -0.15) is 0 Å². The van der Waals surface area contributed by atoms with Gasteiger partial charge in [0, 0.05) is 26.2 Å². The van der Waals surface area contributed by atoms with Crippen LogP contribution in [-0.4, -0.2) is 43.0 Å². The maximum atomic E-state index is 11.9. The number of carbonyl (C=O) groups excluding carboxylic acids is 1. The Balaban J connectivity index is 2.55. The van der Waals surface area contributed by atoms with E-state index < -0.39 is 0 Å². The molecule has 0 aromatic heterocycles. The highest BCUT2D eigenvalue weighted by Gasteiger charge is 2.31. The van der Waals surface area contributed by atoms with Crippen molar-refractivity contribution in [3.05, 3.63) is 0 Å². The van der Waals surface area contributed by atoms with Crippen LogP contribution in [0, 0.1) is 5.41 Å². The summed E-state index contributed by atoms with van der Waals surface area (Å²) in [7, 11) is 0. The minimum atomic E-state index is -0.388. The van der Waals surface area contributed by atoms with E-state index in [1.54, 1.807) is 0 Å². The number of hydrogen-bond donors (Lipinski definition) is 2. The highest BCUT2D eigenvalue weighted by Crippen LogP contribution is 2.19. The number of amides is 1. The van der Waals surface area contributed by atoms with E-state index in [0.717, 1.165) is 26.2 Å². The molecule has 0 aromatic carbocycles. The third kappa shape index (κ3) is 2.69. The second kappa shape index (κ2) is 4.28. The predicted molar refractivity (Wildman–Crippen MR) is 56.9 cm³/mol. The summed E-state index contributed by atoms with van der Waals surface area (Å²) in [5, 5.41) is 3.21. The average molecular weight is 199 g/mol. The normalized spacial score (nSPS) is 20.7. The van der Waals surface area contributed by atoms with Gasteiger partial charge >= 0.3 is 0 Å². The lowest BCUT2D eigenvalue weighted by atomic mass is 9.86. The monoisotopic (exact) mass is 199 g/mol. The first-order valence-corrected chi connectivity index (χ1v) is 5.18. The molecule has 0 aliphatic carbocycles. The van der Waals surface area contributed by atoms with Gasteiger partial charge in [-0.05, 0) is 5.41 Å². The molecule has 1 aliphatic rings. The molecule has 0 spiro atoms. The second-order valence-electron chi connectivity index (χ2n) is 4.92. The van der Waals surface area contributed by atoms with Crippen LogP contribution in [0.25, 0.3) is 0 Å². The predicted octanol–water partition coefficient (Wildman–Crippen LogP) is -0.208. The first-order chi connectivity index (χ1) is 6.43. The summed E-state index contributed by atoms with van der Waals surface area (Å²) in [6.45, 7) is 9.31. The molecule has 0 radical (unpaired) electrons. The third-order valence-electron chi connectivity index (χ3n) is 2.63. The highest BCUT2D eigenvalue weighted by atomic mass is 16.2. The molecule has 1 aliphatic heterocycles. The summed E-state index contributed by atoms with van der Waals surface area (Å²) in [5.74, 6) is 0.0824. The van der Waals surface area contributed by atoms with E-state index in [9.17, 15) is 4.79 Å². The van der Waals surface area contributed by atoms with E-state index in [0.29, 0.717) is 0 Å². The molecular formula is C10H21N3O. The summed E-state index contributed by atoms with van der Waals surface area (Å²) < 4.78 is 0. The largest absolute Gasteiger partial charge is 0.339 e. The Bertz CT molecular complexity index is 204. The first-order valence-electron chi connectivity index (χ1n) is 5.18. The molecule has 1 atom stereocenters. The Kier molecular flexibility index (Phi) is 3.50. The van der Waals surface area contributed by atoms with Crippen LogP contribution in [0.15, 0.2) is 0 Å². The second-order valence-corrected chi connectivity index (χ2v) is 4.92. The van der Waals surface area contributed by atoms with Crippen molar-refractivity contribution in [1.82, 2.24) is 10.2 Å². The zero-order valence-corrected chi connectivity index (χ0v) is 9.34. The molecule has 4 heteroatoms.